The van der Waals surface area contributed by atoms with Crippen LogP contribution in [0.5, 0.6) is 0 Å². The van der Waals surface area contributed by atoms with E-state index < -0.39 is 0 Å². The normalized spacial score (nSPS) is 29.0. The van der Waals surface area contributed by atoms with Gasteiger partial charge in [0.05, 0.1) is 11.1 Å². The van der Waals surface area contributed by atoms with Crippen molar-refractivity contribution >= 4 is 17.2 Å². The van der Waals surface area contributed by atoms with Crippen LogP contribution in [0.2, 0.25) is 0 Å². The van der Waals surface area contributed by atoms with Crippen LogP contribution in [-0.4, -0.2) is 40.7 Å². The third-order valence-corrected chi connectivity index (χ3v) is 3.10. The van der Waals surface area contributed by atoms with Crippen molar-refractivity contribution in [1.82, 2.24) is 4.90 Å². The molecule has 0 aliphatic carbocycles. The molecule has 3 N–H and O–H groups in total. The Hall–Kier alpha value is -0.190. The zero-order valence-corrected chi connectivity index (χ0v) is 9.59. The molecule has 1 aliphatic rings. The summed E-state index contributed by atoms with van der Waals surface area (Å²) in [5, 5.41) is 9.66. The average molecular weight is 216 g/mol. The van der Waals surface area contributed by atoms with Gasteiger partial charge < -0.3 is 15.7 Å². The Morgan fingerprint density at radius 3 is 2.93 bits per heavy atom. The van der Waals surface area contributed by atoms with Crippen LogP contribution in [0.3, 0.4) is 0 Å². The quantitative estimate of drug-likeness (QED) is 0.681. The molecular formula is C10H20N2OS. The van der Waals surface area contributed by atoms with Crippen LogP contribution in [0.25, 0.3) is 0 Å². The van der Waals surface area contributed by atoms with E-state index in [-0.39, 0.29) is 6.10 Å². The first kappa shape index (κ1) is 11.9. The number of hydrogen-bond acceptors (Lipinski definition) is 3. The van der Waals surface area contributed by atoms with Crippen LogP contribution in [0.4, 0.5) is 0 Å². The molecule has 1 heterocycles. The third-order valence-electron chi connectivity index (χ3n) is 2.90. The van der Waals surface area contributed by atoms with Gasteiger partial charge in [-0.25, -0.2) is 0 Å². The van der Waals surface area contributed by atoms with Crippen molar-refractivity contribution in [2.45, 2.75) is 32.3 Å². The second-order valence-corrected chi connectivity index (χ2v) is 4.73. The van der Waals surface area contributed by atoms with E-state index in [1.54, 1.807) is 0 Å². The summed E-state index contributed by atoms with van der Waals surface area (Å²) in [6, 6.07) is 0. The Bertz CT molecular complexity index is 199. The van der Waals surface area contributed by atoms with E-state index in [4.69, 9.17) is 18.0 Å². The van der Waals surface area contributed by atoms with Crippen molar-refractivity contribution in [2.75, 3.05) is 19.6 Å². The van der Waals surface area contributed by atoms with Crippen molar-refractivity contribution in [3.8, 4) is 0 Å². The van der Waals surface area contributed by atoms with E-state index in [9.17, 15) is 5.11 Å². The second kappa shape index (κ2) is 5.63. The fourth-order valence-corrected chi connectivity index (χ4v) is 1.94. The Kier molecular flexibility index (Phi) is 4.78. The number of likely N-dealkylation sites (tertiary alicyclic amines) is 1. The van der Waals surface area contributed by atoms with Gasteiger partial charge in [0.1, 0.15) is 0 Å². The Morgan fingerprint density at radius 1 is 1.64 bits per heavy atom. The van der Waals surface area contributed by atoms with Gasteiger partial charge in [-0.3, -0.25) is 0 Å². The van der Waals surface area contributed by atoms with Gasteiger partial charge in [0.25, 0.3) is 0 Å². The van der Waals surface area contributed by atoms with Gasteiger partial charge in [-0.05, 0) is 38.3 Å². The molecule has 0 radical (unpaired) electrons. The molecule has 0 aromatic rings. The summed E-state index contributed by atoms with van der Waals surface area (Å²) in [7, 11) is 0. The van der Waals surface area contributed by atoms with Gasteiger partial charge in [-0.15, -0.1) is 0 Å². The molecule has 82 valence electrons. The van der Waals surface area contributed by atoms with Crippen LogP contribution in [0.1, 0.15) is 26.2 Å². The monoisotopic (exact) mass is 216 g/mol. The topological polar surface area (TPSA) is 49.5 Å². The van der Waals surface area contributed by atoms with Crippen molar-refractivity contribution in [3.05, 3.63) is 0 Å². The lowest BCUT2D eigenvalue weighted by Gasteiger charge is -2.34. The van der Waals surface area contributed by atoms with Crippen molar-refractivity contribution < 1.29 is 5.11 Å². The van der Waals surface area contributed by atoms with Gasteiger partial charge in [-0.1, -0.05) is 19.1 Å². The van der Waals surface area contributed by atoms with Crippen molar-refractivity contribution in [1.29, 1.82) is 0 Å². The minimum Gasteiger partial charge on any atom is -0.393 e. The molecule has 0 aromatic heterocycles. The fourth-order valence-electron chi connectivity index (χ4n) is 1.79. The summed E-state index contributed by atoms with van der Waals surface area (Å²) >= 11 is 4.81. The predicted molar refractivity (Wildman–Crippen MR) is 62.2 cm³/mol. The Labute approximate surface area is 91.3 Å². The van der Waals surface area contributed by atoms with Crippen molar-refractivity contribution in [3.63, 3.8) is 0 Å². The van der Waals surface area contributed by atoms with E-state index in [2.05, 4.69) is 11.8 Å². The smallest absolute Gasteiger partial charge is 0.0727 e. The molecule has 2 atom stereocenters. The summed E-state index contributed by atoms with van der Waals surface area (Å²) in [5.41, 5.74) is 5.42. The molecule has 0 amide bonds. The largest absolute Gasteiger partial charge is 0.393 e. The second-order valence-electron chi connectivity index (χ2n) is 4.20. The number of β-amino-alcohol motifs (C(OH)–C–C–N with tert-alkyl or cyclic N) is 1. The van der Waals surface area contributed by atoms with E-state index in [1.807, 2.05) is 0 Å². The maximum Gasteiger partial charge on any atom is 0.0727 e. The summed E-state index contributed by atoms with van der Waals surface area (Å²) in [6.45, 7) is 5.01. The molecule has 0 bridgehead atoms. The van der Waals surface area contributed by atoms with Crippen LogP contribution >= 0.6 is 12.2 Å². The van der Waals surface area contributed by atoms with Gasteiger partial charge in [0.2, 0.25) is 0 Å². The number of piperidine rings is 1. The van der Waals surface area contributed by atoms with Gasteiger partial charge in [0, 0.05) is 6.54 Å². The SMILES string of the molecule is CC1CCN(CCCC(N)=S)CC1O. The molecule has 0 saturated carbocycles. The molecule has 1 aliphatic heterocycles. The van der Waals surface area contributed by atoms with Crippen LogP contribution in [0.15, 0.2) is 0 Å². The maximum atomic E-state index is 9.66. The number of rotatable bonds is 4. The molecule has 1 rings (SSSR count). The number of thiocarbonyl (C=S) groups is 1. The van der Waals surface area contributed by atoms with E-state index >= 15 is 0 Å². The summed E-state index contributed by atoms with van der Waals surface area (Å²) in [6.07, 6.45) is 2.76. The highest BCUT2D eigenvalue weighted by Gasteiger charge is 2.23. The molecule has 1 saturated heterocycles. The number of hydrogen-bond donors (Lipinski definition) is 2. The zero-order chi connectivity index (χ0) is 10.6. The lowest BCUT2D eigenvalue weighted by molar-refractivity contribution is 0.0291. The first-order valence-corrected chi connectivity index (χ1v) is 5.69. The van der Waals surface area contributed by atoms with E-state index in [1.165, 1.54) is 0 Å². The Morgan fingerprint density at radius 2 is 2.36 bits per heavy atom. The summed E-state index contributed by atoms with van der Waals surface area (Å²) in [5.74, 6) is 0.446. The third kappa shape index (κ3) is 3.90. The van der Waals surface area contributed by atoms with Crippen LogP contribution in [0, 0.1) is 5.92 Å². The van der Waals surface area contributed by atoms with Crippen LogP contribution < -0.4 is 5.73 Å². The fraction of sp³-hybridized carbons (Fsp3) is 0.900. The number of nitrogens with two attached hydrogens (primary N) is 1. The highest BCUT2D eigenvalue weighted by Crippen LogP contribution is 2.16. The first-order chi connectivity index (χ1) is 6.59. The summed E-state index contributed by atoms with van der Waals surface area (Å²) < 4.78 is 0. The number of aliphatic hydroxyl groups excluding tert-OH is 1. The predicted octanol–water partition coefficient (Wildman–Crippen LogP) is 0.755. The molecule has 0 aromatic carbocycles. The minimum atomic E-state index is -0.159. The number of aliphatic hydroxyl groups is 1. The lowest BCUT2D eigenvalue weighted by atomic mass is 9.96. The van der Waals surface area contributed by atoms with E-state index in [0.717, 1.165) is 38.9 Å². The van der Waals surface area contributed by atoms with Crippen LogP contribution in [-0.2, 0) is 0 Å². The van der Waals surface area contributed by atoms with Gasteiger partial charge in [0.15, 0.2) is 0 Å². The molecule has 14 heavy (non-hydrogen) atoms. The Balaban J connectivity index is 2.16. The van der Waals surface area contributed by atoms with Crippen molar-refractivity contribution in [2.24, 2.45) is 11.7 Å². The maximum absolute atomic E-state index is 9.66. The first-order valence-electron chi connectivity index (χ1n) is 5.28. The highest BCUT2D eigenvalue weighted by atomic mass is 32.1. The van der Waals surface area contributed by atoms with Gasteiger partial charge >= 0.3 is 0 Å². The number of nitrogens with zero attached hydrogens (tertiary/aromatic N) is 1. The molecule has 3 nitrogen and oxygen atoms in total. The summed E-state index contributed by atoms with van der Waals surface area (Å²) in [4.78, 5) is 2.89. The standard InChI is InChI=1S/C10H20N2OS/c1-8-4-6-12(7-9(8)13)5-2-3-10(11)14/h8-9,13H,2-7H2,1H3,(H2,11,14). The minimum absolute atomic E-state index is 0.159. The zero-order valence-electron chi connectivity index (χ0n) is 8.78. The molecule has 0 spiro atoms. The van der Waals surface area contributed by atoms with E-state index in [0.29, 0.717) is 10.9 Å². The molecule has 1 fully saturated rings. The lowest BCUT2D eigenvalue weighted by Crippen LogP contribution is -2.43. The van der Waals surface area contributed by atoms with Gasteiger partial charge in [-0.2, -0.15) is 0 Å². The molecule has 2 unspecified atom stereocenters. The molecular weight excluding hydrogens is 196 g/mol. The highest BCUT2D eigenvalue weighted by molar-refractivity contribution is 7.80. The molecule has 4 heteroatoms. The average Bonchev–Trinajstić information content (AvgIpc) is 2.10.